The van der Waals surface area contributed by atoms with Gasteiger partial charge in [0.15, 0.2) is 5.69 Å². The van der Waals surface area contributed by atoms with E-state index in [0.717, 1.165) is 44.3 Å². The van der Waals surface area contributed by atoms with Crippen LogP contribution in [0.2, 0.25) is 0 Å². The highest BCUT2D eigenvalue weighted by Gasteiger charge is 2.17. The van der Waals surface area contributed by atoms with Crippen molar-refractivity contribution in [3.05, 3.63) is 156 Å². The molecule has 0 saturated carbocycles. The number of rotatable bonds is 3. The molecule has 0 radical (unpaired) electrons. The van der Waals surface area contributed by atoms with E-state index in [1.807, 2.05) is 42.5 Å². The van der Waals surface area contributed by atoms with Gasteiger partial charge in [0.05, 0.1) is 40.9 Å². The van der Waals surface area contributed by atoms with E-state index in [1.165, 1.54) is 21.8 Å². The van der Waals surface area contributed by atoms with Crippen LogP contribution in [0.15, 0.2) is 133 Å². The summed E-state index contributed by atoms with van der Waals surface area (Å²) < 4.78 is 4.49. The van der Waals surface area contributed by atoms with Gasteiger partial charge in [-0.1, -0.05) is 84.9 Å². The predicted octanol–water partition coefficient (Wildman–Crippen LogP) is 10.6. The van der Waals surface area contributed by atoms with Crippen molar-refractivity contribution < 1.29 is 0 Å². The molecule has 2 aromatic heterocycles. The molecular formula is C38H22N4. The second kappa shape index (κ2) is 9.24. The monoisotopic (exact) mass is 534 g/mol. The molecule has 0 aliphatic carbocycles. The van der Waals surface area contributed by atoms with E-state index in [4.69, 9.17) is 13.1 Å². The van der Waals surface area contributed by atoms with Crippen molar-refractivity contribution in [3.63, 3.8) is 0 Å². The third-order valence-electron chi connectivity index (χ3n) is 8.14. The highest BCUT2D eigenvalue weighted by molar-refractivity contribution is 6.12. The first-order valence-corrected chi connectivity index (χ1v) is 13.8. The number of nitrogens with zero attached hydrogens (tertiary/aromatic N) is 4. The van der Waals surface area contributed by atoms with Crippen LogP contribution in [0.25, 0.3) is 75.8 Å². The minimum Gasteiger partial charge on any atom is -0.319 e. The maximum Gasteiger partial charge on any atom is 0.210 e. The molecule has 0 N–H and O–H groups in total. The maximum atomic E-state index is 7.82. The van der Waals surface area contributed by atoms with Crippen molar-refractivity contribution in [2.24, 2.45) is 0 Å². The molecule has 42 heavy (non-hydrogen) atoms. The zero-order valence-corrected chi connectivity index (χ0v) is 22.5. The molecule has 0 spiro atoms. The van der Waals surface area contributed by atoms with Crippen LogP contribution in [0.3, 0.4) is 0 Å². The zero-order chi connectivity index (χ0) is 28.2. The second-order valence-electron chi connectivity index (χ2n) is 10.4. The molecule has 4 heteroatoms. The molecule has 0 unspecified atom stereocenters. The van der Waals surface area contributed by atoms with Gasteiger partial charge in [-0.2, -0.15) is 0 Å². The van der Waals surface area contributed by atoms with E-state index in [-0.39, 0.29) is 0 Å². The third-order valence-corrected chi connectivity index (χ3v) is 8.14. The van der Waals surface area contributed by atoms with Gasteiger partial charge in [0.25, 0.3) is 0 Å². The summed E-state index contributed by atoms with van der Waals surface area (Å²) in [6, 6.07) is 45.8. The Morgan fingerprint density at radius 2 is 1.10 bits per heavy atom. The first kappa shape index (κ1) is 23.8. The van der Waals surface area contributed by atoms with Crippen molar-refractivity contribution in [2.45, 2.75) is 0 Å². The van der Waals surface area contributed by atoms with Gasteiger partial charge in [-0.15, -0.1) is 0 Å². The van der Waals surface area contributed by atoms with E-state index in [0.29, 0.717) is 11.4 Å². The average molecular weight is 535 g/mol. The third kappa shape index (κ3) is 3.47. The highest BCUT2D eigenvalue weighted by Crippen LogP contribution is 2.39. The SMILES string of the molecule is [C-]#[N+]c1ccc2c(c1)c1ccc(-c3cccc(-n4c5ccccc5c5ccccc54)c3)cc1n2-c1ccccc1[N+]#[C-]. The number of benzene rings is 6. The van der Waals surface area contributed by atoms with Crippen LogP contribution < -0.4 is 0 Å². The van der Waals surface area contributed by atoms with Crippen molar-refractivity contribution in [1.82, 2.24) is 9.13 Å². The van der Waals surface area contributed by atoms with Gasteiger partial charge < -0.3 is 9.13 Å². The molecule has 0 aliphatic rings. The van der Waals surface area contributed by atoms with Gasteiger partial charge in [0, 0.05) is 21.8 Å². The summed E-state index contributed by atoms with van der Waals surface area (Å²) in [5, 5.41) is 4.53. The molecule has 0 atom stereocenters. The Morgan fingerprint density at radius 3 is 1.86 bits per heavy atom. The quantitative estimate of drug-likeness (QED) is 0.201. The van der Waals surface area contributed by atoms with Crippen LogP contribution >= 0.6 is 0 Å². The van der Waals surface area contributed by atoms with Gasteiger partial charge in [0.2, 0.25) is 5.69 Å². The summed E-state index contributed by atoms with van der Waals surface area (Å²) in [5.41, 5.74) is 9.65. The lowest BCUT2D eigenvalue weighted by Crippen LogP contribution is -1.95. The van der Waals surface area contributed by atoms with Gasteiger partial charge in [-0.25, -0.2) is 9.69 Å². The Labute approximate surface area is 242 Å². The summed E-state index contributed by atoms with van der Waals surface area (Å²) in [6.45, 7) is 15.4. The summed E-state index contributed by atoms with van der Waals surface area (Å²) >= 11 is 0. The van der Waals surface area contributed by atoms with Crippen LogP contribution in [0, 0.1) is 13.1 Å². The Bertz CT molecular complexity index is 2390. The molecule has 194 valence electrons. The number of aromatic nitrogens is 2. The summed E-state index contributed by atoms with van der Waals surface area (Å²) in [6.07, 6.45) is 0. The molecule has 6 aromatic carbocycles. The van der Waals surface area contributed by atoms with Gasteiger partial charge in [-0.05, 0) is 65.0 Å². The number of fused-ring (bicyclic) bond motifs is 6. The second-order valence-corrected chi connectivity index (χ2v) is 10.4. The maximum absolute atomic E-state index is 7.82. The molecule has 0 bridgehead atoms. The standard InChI is InChI=1S/C38H22N4/c1-39-27-19-21-36-32(24-27)31-20-18-26(23-38(31)42(36)37-17-8-5-14-33(37)40-2)25-10-9-11-28(22-25)41-34-15-6-3-12-29(34)30-13-4-7-16-35(30)41/h3-24H. The summed E-state index contributed by atoms with van der Waals surface area (Å²) in [7, 11) is 0. The van der Waals surface area contributed by atoms with Crippen LogP contribution in [-0.2, 0) is 0 Å². The minimum atomic E-state index is 0.587. The van der Waals surface area contributed by atoms with Crippen molar-refractivity contribution in [2.75, 3.05) is 0 Å². The first-order chi connectivity index (χ1) is 20.7. The van der Waals surface area contributed by atoms with E-state index in [9.17, 15) is 0 Å². The van der Waals surface area contributed by atoms with Gasteiger partial charge in [0.1, 0.15) is 0 Å². The van der Waals surface area contributed by atoms with E-state index in [1.54, 1.807) is 0 Å². The lowest BCUT2D eigenvalue weighted by atomic mass is 10.0. The van der Waals surface area contributed by atoms with E-state index < -0.39 is 0 Å². The summed E-state index contributed by atoms with van der Waals surface area (Å²) in [4.78, 5) is 7.50. The predicted molar refractivity (Wildman–Crippen MR) is 173 cm³/mol. The van der Waals surface area contributed by atoms with E-state index >= 15 is 0 Å². The average Bonchev–Trinajstić information content (AvgIpc) is 3.56. The molecule has 4 nitrogen and oxygen atoms in total. The Kier molecular flexibility index (Phi) is 5.22. The van der Waals surface area contributed by atoms with Crippen LogP contribution in [0.5, 0.6) is 0 Å². The molecule has 2 heterocycles. The van der Waals surface area contributed by atoms with Crippen LogP contribution in [-0.4, -0.2) is 9.13 Å². The molecule has 0 saturated heterocycles. The topological polar surface area (TPSA) is 18.6 Å². The van der Waals surface area contributed by atoms with E-state index in [2.05, 4.69) is 110 Å². The minimum absolute atomic E-state index is 0.587. The Morgan fingerprint density at radius 1 is 0.429 bits per heavy atom. The molecule has 0 amide bonds. The Hall–Kier alpha value is -6.10. The molecule has 0 aliphatic heterocycles. The lowest BCUT2D eigenvalue weighted by molar-refractivity contribution is 1.18. The smallest absolute Gasteiger partial charge is 0.210 e. The molecule has 8 rings (SSSR count). The largest absolute Gasteiger partial charge is 0.319 e. The first-order valence-electron chi connectivity index (χ1n) is 13.8. The summed E-state index contributed by atoms with van der Waals surface area (Å²) in [5.74, 6) is 0. The fourth-order valence-electron chi connectivity index (χ4n) is 6.29. The van der Waals surface area contributed by atoms with Crippen molar-refractivity contribution in [1.29, 1.82) is 0 Å². The van der Waals surface area contributed by atoms with Gasteiger partial charge >= 0.3 is 0 Å². The molecular weight excluding hydrogens is 512 g/mol. The van der Waals surface area contributed by atoms with Crippen molar-refractivity contribution in [3.8, 4) is 22.5 Å². The van der Waals surface area contributed by atoms with Crippen molar-refractivity contribution >= 4 is 55.0 Å². The number of hydrogen-bond donors (Lipinski definition) is 0. The lowest BCUT2D eigenvalue weighted by Gasteiger charge is -2.12. The fraction of sp³-hybridized carbons (Fsp3) is 0. The van der Waals surface area contributed by atoms with Crippen LogP contribution in [0.4, 0.5) is 11.4 Å². The number of hydrogen-bond acceptors (Lipinski definition) is 0. The fourth-order valence-corrected chi connectivity index (χ4v) is 6.29. The molecule has 0 fully saturated rings. The number of para-hydroxylation sites is 4. The van der Waals surface area contributed by atoms with Crippen LogP contribution in [0.1, 0.15) is 0 Å². The zero-order valence-electron chi connectivity index (χ0n) is 22.5. The van der Waals surface area contributed by atoms with Gasteiger partial charge in [-0.3, -0.25) is 0 Å². The normalized spacial score (nSPS) is 11.3. The molecule has 8 aromatic rings. The Balaban J connectivity index is 1.38. The highest BCUT2D eigenvalue weighted by atomic mass is 15.0.